The minimum Gasteiger partial charge on any atom is -0.508 e. The monoisotopic (exact) mass is 540 g/mol. The SMILES string of the molecule is CCNC(=NCc1c(O)ccc2c1CCCC2)NCc1nc(C(F)(F)F)cs1.I. The molecule has 0 radical (unpaired) electrons. The van der Waals surface area contributed by atoms with Gasteiger partial charge in [-0.3, -0.25) is 0 Å². The molecule has 2 aromatic rings. The van der Waals surface area contributed by atoms with E-state index in [-0.39, 0.29) is 36.3 Å². The number of halogens is 4. The van der Waals surface area contributed by atoms with Crippen molar-refractivity contribution in [3.63, 3.8) is 0 Å². The summed E-state index contributed by atoms with van der Waals surface area (Å²) >= 11 is 0.956. The lowest BCUT2D eigenvalue weighted by Gasteiger charge is -2.20. The number of nitrogens with zero attached hydrogens (tertiary/aromatic N) is 2. The molecule has 1 aromatic heterocycles. The zero-order valence-corrected chi connectivity index (χ0v) is 19.1. The molecule has 3 rings (SSSR count). The number of nitrogens with one attached hydrogen (secondary N) is 2. The highest BCUT2D eigenvalue weighted by Gasteiger charge is 2.33. The van der Waals surface area contributed by atoms with E-state index in [1.807, 2.05) is 13.0 Å². The molecule has 0 aliphatic heterocycles. The van der Waals surface area contributed by atoms with E-state index in [1.165, 1.54) is 11.1 Å². The quantitative estimate of drug-likeness (QED) is 0.294. The Kier molecular flexibility index (Phi) is 8.56. The fraction of sp³-hybridized carbons (Fsp3) is 0.474. The Labute approximate surface area is 188 Å². The Bertz CT molecular complexity index is 854. The highest BCUT2D eigenvalue weighted by atomic mass is 127. The van der Waals surface area contributed by atoms with E-state index in [2.05, 4.69) is 20.6 Å². The lowest BCUT2D eigenvalue weighted by Crippen LogP contribution is -2.36. The highest BCUT2D eigenvalue weighted by molar-refractivity contribution is 14.0. The van der Waals surface area contributed by atoms with Crippen LogP contribution in [-0.2, 0) is 32.1 Å². The summed E-state index contributed by atoms with van der Waals surface area (Å²) in [6, 6.07) is 3.69. The minimum absolute atomic E-state index is 0. The lowest BCUT2D eigenvalue weighted by atomic mass is 9.88. The molecular formula is C19H24F3IN4OS. The van der Waals surface area contributed by atoms with Crippen molar-refractivity contribution in [1.82, 2.24) is 15.6 Å². The van der Waals surface area contributed by atoms with Crippen molar-refractivity contribution < 1.29 is 18.3 Å². The van der Waals surface area contributed by atoms with E-state index in [4.69, 9.17) is 0 Å². The predicted molar refractivity (Wildman–Crippen MR) is 119 cm³/mol. The molecule has 1 aromatic carbocycles. The number of benzene rings is 1. The minimum atomic E-state index is -4.43. The zero-order chi connectivity index (χ0) is 20.1. The second-order valence-corrected chi connectivity index (χ2v) is 7.52. The molecule has 160 valence electrons. The van der Waals surface area contributed by atoms with Crippen molar-refractivity contribution in [3.05, 3.63) is 44.9 Å². The fourth-order valence-electron chi connectivity index (χ4n) is 3.25. The van der Waals surface area contributed by atoms with E-state index < -0.39 is 11.9 Å². The van der Waals surface area contributed by atoms with Crippen LogP contribution in [0.25, 0.3) is 0 Å². The summed E-state index contributed by atoms with van der Waals surface area (Å²) in [7, 11) is 0. The molecular weight excluding hydrogens is 516 g/mol. The van der Waals surface area contributed by atoms with Gasteiger partial charge in [0.1, 0.15) is 10.8 Å². The van der Waals surface area contributed by atoms with Gasteiger partial charge in [0, 0.05) is 17.5 Å². The molecule has 0 bridgehead atoms. The van der Waals surface area contributed by atoms with Crippen molar-refractivity contribution in [2.45, 2.75) is 51.9 Å². The number of aryl methyl sites for hydroxylation is 1. The number of hydrogen-bond donors (Lipinski definition) is 3. The van der Waals surface area contributed by atoms with Gasteiger partial charge in [0.25, 0.3) is 0 Å². The van der Waals surface area contributed by atoms with Crippen LogP contribution in [0, 0.1) is 0 Å². The van der Waals surface area contributed by atoms with Crippen LogP contribution >= 0.6 is 35.3 Å². The second kappa shape index (κ2) is 10.5. The van der Waals surface area contributed by atoms with Crippen molar-refractivity contribution in [2.24, 2.45) is 4.99 Å². The predicted octanol–water partition coefficient (Wildman–Crippen LogP) is 4.62. The van der Waals surface area contributed by atoms with E-state index in [0.29, 0.717) is 24.1 Å². The molecule has 10 heteroatoms. The summed E-state index contributed by atoms with van der Waals surface area (Å²) in [6.07, 6.45) is -0.249. The molecule has 5 nitrogen and oxygen atoms in total. The number of aromatic nitrogens is 1. The number of thiazole rings is 1. The Morgan fingerprint density at radius 1 is 1.24 bits per heavy atom. The highest BCUT2D eigenvalue weighted by Crippen LogP contribution is 2.31. The van der Waals surface area contributed by atoms with Gasteiger partial charge in [0.2, 0.25) is 0 Å². The third-order valence-corrected chi connectivity index (χ3v) is 5.46. The van der Waals surface area contributed by atoms with Crippen LogP contribution in [0.15, 0.2) is 22.5 Å². The number of aliphatic imine (C=N–C) groups is 1. The van der Waals surface area contributed by atoms with Crippen LogP contribution in [0.4, 0.5) is 13.2 Å². The average Bonchev–Trinajstić information content (AvgIpc) is 3.14. The lowest BCUT2D eigenvalue weighted by molar-refractivity contribution is -0.140. The van der Waals surface area contributed by atoms with E-state index in [0.717, 1.165) is 48.0 Å². The smallest absolute Gasteiger partial charge is 0.434 e. The summed E-state index contributed by atoms with van der Waals surface area (Å²) < 4.78 is 38.0. The molecule has 0 unspecified atom stereocenters. The van der Waals surface area contributed by atoms with Crippen molar-refractivity contribution in [2.75, 3.05) is 6.54 Å². The topological polar surface area (TPSA) is 69.5 Å². The summed E-state index contributed by atoms with van der Waals surface area (Å²) in [5.41, 5.74) is 2.37. The van der Waals surface area contributed by atoms with E-state index in [9.17, 15) is 18.3 Å². The van der Waals surface area contributed by atoms with Crippen molar-refractivity contribution in [1.29, 1.82) is 0 Å². The van der Waals surface area contributed by atoms with Gasteiger partial charge in [0.15, 0.2) is 11.7 Å². The third-order valence-electron chi connectivity index (χ3n) is 4.62. The number of phenolic OH excluding ortho intramolecular Hbond substituents is 1. The van der Waals surface area contributed by atoms with E-state index in [1.54, 1.807) is 6.07 Å². The van der Waals surface area contributed by atoms with Gasteiger partial charge in [-0.1, -0.05) is 6.07 Å². The fourth-order valence-corrected chi connectivity index (χ4v) is 3.99. The van der Waals surface area contributed by atoms with Gasteiger partial charge in [-0.2, -0.15) is 13.2 Å². The molecule has 0 atom stereocenters. The number of fused-ring (bicyclic) bond motifs is 1. The molecule has 3 N–H and O–H groups in total. The van der Waals surface area contributed by atoms with E-state index >= 15 is 0 Å². The van der Waals surface area contributed by atoms with Crippen LogP contribution in [0.3, 0.4) is 0 Å². The number of rotatable bonds is 5. The molecule has 1 aliphatic rings. The van der Waals surface area contributed by atoms with Crippen LogP contribution in [0.1, 0.15) is 47.2 Å². The maximum Gasteiger partial charge on any atom is 0.434 e. The Hall–Kier alpha value is -1.56. The Morgan fingerprint density at radius 2 is 2.00 bits per heavy atom. The number of hydrogen-bond acceptors (Lipinski definition) is 4. The number of alkyl halides is 3. The van der Waals surface area contributed by atoms with Gasteiger partial charge in [-0.15, -0.1) is 35.3 Å². The largest absolute Gasteiger partial charge is 0.508 e. The first-order valence-electron chi connectivity index (χ1n) is 9.25. The average molecular weight is 540 g/mol. The maximum atomic E-state index is 12.7. The third kappa shape index (κ3) is 6.21. The van der Waals surface area contributed by atoms with Crippen LogP contribution in [0.5, 0.6) is 5.75 Å². The molecule has 0 saturated carbocycles. The summed E-state index contributed by atoms with van der Waals surface area (Å²) in [6.45, 7) is 2.96. The first kappa shape index (κ1) is 23.7. The molecule has 0 fully saturated rings. The first-order chi connectivity index (χ1) is 13.4. The van der Waals surface area contributed by atoms with Crippen molar-refractivity contribution in [3.8, 4) is 5.75 Å². The maximum absolute atomic E-state index is 12.7. The molecule has 29 heavy (non-hydrogen) atoms. The first-order valence-corrected chi connectivity index (χ1v) is 10.1. The van der Waals surface area contributed by atoms with Gasteiger partial charge in [0.05, 0.1) is 13.1 Å². The zero-order valence-electron chi connectivity index (χ0n) is 16.0. The van der Waals surface area contributed by atoms with Gasteiger partial charge in [-0.05, 0) is 49.8 Å². The normalized spacial score (nSPS) is 14.1. The van der Waals surface area contributed by atoms with Gasteiger partial charge < -0.3 is 15.7 Å². The molecule has 0 saturated heterocycles. The standard InChI is InChI=1S/C19H23F3N4OS.HI/c1-2-23-18(25-10-17-26-16(11-28-17)19(20,21)22)24-9-14-13-6-4-3-5-12(13)7-8-15(14)27;/h7-8,11,27H,2-6,9-10H2,1H3,(H2,23,24,25);1H. The molecule has 0 spiro atoms. The molecule has 0 amide bonds. The number of phenols is 1. The summed E-state index contributed by atoms with van der Waals surface area (Å²) in [5, 5.41) is 17.7. The molecule has 1 aliphatic carbocycles. The van der Waals surface area contributed by atoms with Gasteiger partial charge >= 0.3 is 6.18 Å². The number of aromatic hydroxyl groups is 1. The Morgan fingerprint density at radius 3 is 2.69 bits per heavy atom. The van der Waals surface area contributed by atoms with Crippen LogP contribution in [-0.4, -0.2) is 22.6 Å². The second-order valence-electron chi connectivity index (χ2n) is 6.58. The number of guanidine groups is 1. The molecule has 1 heterocycles. The van der Waals surface area contributed by atoms with Gasteiger partial charge in [-0.25, -0.2) is 9.98 Å². The Balaban J connectivity index is 0.00000300. The van der Waals surface area contributed by atoms with Crippen LogP contribution in [0.2, 0.25) is 0 Å². The summed E-state index contributed by atoms with van der Waals surface area (Å²) in [5.74, 6) is 0.703. The van der Waals surface area contributed by atoms with Crippen molar-refractivity contribution >= 4 is 41.3 Å². The summed E-state index contributed by atoms with van der Waals surface area (Å²) in [4.78, 5) is 8.12. The van der Waals surface area contributed by atoms with Crippen LogP contribution < -0.4 is 10.6 Å².